The molecular formula is C11H16N2O2S. The Bertz CT molecular complexity index is 359. The van der Waals surface area contributed by atoms with Gasteiger partial charge < -0.3 is 15.4 Å². The number of piperidine rings is 1. The van der Waals surface area contributed by atoms with Crippen LogP contribution in [0, 0.1) is 0 Å². The number of rotatable bonds is 3. The van der Waals surface area contributed by atoms with Crippen molar-refractivity contribution < 1.29 is 9.53 Å². The third kappa shape index (κ3) is 2.74. The molecule has 1 aromatic heterocycles. The van der Waals surface area contributed by atoms with E-state index in [1.165, 1.54) is 11.3 Å². The fourth-order valence-corrected chi connectivity index (χ4v) is 2.53. The first kappa shape index (κ1) is 11.4. The van der Waals surface area contributed by atoms with Crippen molar-refractivity contribution in [3.05, 3.63) is 16.3 Å². The molecular weight excluding hydrogens is 224 g/mol. The second-order valence-electron chi connectivity index (χ2n) is 3.87. The predicted octanol–water partition coefficient (Wildman–Crippen LogP) is 1.24. The molecule has 0 radical (unpaired) electrons. The van der Waals surface area contributed by atoms with Gasteiger partial charge in [-0.15, -0.1) is 11.3 Å². The number of thiophene rings is 1. The van der Waals surface area contributed by atoms with E-state index in [2.05, 4.69) is 10.6 Å². The molecule has 0 aliphatic carbocycles. The first-order valence-electron chi connectivity index (χ1n) is 5.43. The molecule has 2 heterocycles. The van der Waals surface area contributed by atoms with Crippen LogP contribution in [0.3, 0.4) is 0 Å². The summed E-state index contributed by atoms with van der Waals surface area (Å²) in [4.78, 5) is 12.6. The molecule has 5 heteroatoms. The maximum atomic E-state index is 11.9. The summed E-state index contributed by atoms with van der Waals surface area (Å²) < 4.78 is 5.05. The lowest BCUT2D eigenvalue weighted by atomic mass is 10.1. The van der Waals surface area contributed by atoms with Crippen molar-refractivity contribution >= 4 is 17.2 Å². The topological polar surface area (TPSA) is 50.4 Å². The minimum atomic E-state index is 0.00185. The van der Waals surface area contributed by atoms with Gasteiger partial charge >= 0.3 is 0 Å². The average molecular weight is 240 g/mol. The van der Waals surface area contributed by atoms with E-state index >= 15 is 0 Å². The van der Waals surface area contributed by atoms with Crippen molar-refractivity contribution in [2.24, 2.45) is 0 Å². The maximum absolute atomic E-state index is 11.9. The fourth-order valence-electron chi connectivity index (χ4n) is 1.78. The summed E-state index contributed by atoms with van der Waals surface area (Å²) in [6.45, 7) is 1.92. The highest BCUT2D eigenvalue weighted by Gasteiger charge is 2.17. The molecule has 1 aliphatic rings. The molecule has 1 amide bonds. The molecule has 1 saturated heterocycles. The number of amides is 1. The molecule has 0 saturated carbocycles. The van der Waals surface area contributed by atoms with Crippen molar-refractivity contribution in [1.82, 2.24) is 10.6 Å². The zero-order valence-corrected chi connectivity index (χ0v) is 10.1. The van der Waals surface area contributed by atoms with E-state index < -0.39 is 0 Å². The number of hydrogen-bond donors (Lipinski definition) is 2. The van der Waals surface area contributed by atoms with Crippen LogP contribution in [0.4, 0.5) is 0 Å². The van der Waals surface area contributed by atoms with E-state index in [4.69, 9.17) is 4.74 Å². The monoisotopic (exact) mass is 240 g/mol. The van der Waals surface area contributed by atoms with Gasteiger partial charge in [-0.05, 0) is 19.4 Å². The predicted molar refractivity (Wildman–Crippen MR) is 64.2 cm³/mol. The molecule has 2 N–H and O–H groups in total. The zero-order valence-electron chi connectivity index (χ0n) is 9.29. The molecule has 2 rings (SSSR count). The highest BCUT2D eigenvalue weighted by atomic mass is 32.1. The smallest absolute Gasteiger partial charge is 0.261 e. The molecule has 0 spiro atoms. The number of nitrogens with one attached hydrogen (secondary N) is 2. The Kier molecular flexibility index (Phi) is 3.79. The van der Waals surface area contributed by atoms with Crippen LogP contribution in [-0.4, -0.2) is 32.1 Å². The van der Waals surface area contributed by atoms with Crippen molar-refractivity contribution in [1.29, 1.82) is 0 Å². The van der Waals surface area contributed by atoms with Crippen LogP contribution < -0.4 is 15.4 Å². The summed E-state index contributed by atoms with van der Waals surface area (Å²) in [7, 11) is 1.61. The molecule has 0 aromatic carbocycles. The lowest BCUT2D eigenvalue weighted by Gasteiger charge is -2.23. The summed E-state index contributed by atoms with van der Waals surface area (Å²) in [6.07, 6.45) is 2.18. The Hall–Kier alpha value is -1.07. The highest BCUT2D eigenvalue weighted by Crippen LogP contribution is 2.21. The van der Waals surface area contributed by atoms with Gasteiger partial charge in [0.2, 0.25) is 0 Å². The second kappa shape index (κ2) is 5.32. The van der Waals surface area contributed by atoms with Crippen molar-refractivity contribution in [3.63, 3.8) is 0 Å². The van der Waals surface area contributed by atoms with Gasteiger partial charge in [0.15, 0.2) is 0 Å². The van der Waals surface area contributed by atoms with Crippen LogP contribution in [0.25, 0.3) is 0 Å². The Labute approximate surface area is 99.0 Å². The van der Waals surface area contributed by atoms with Crippen LogP contribution in [-0.2, 0) is 0 Å². The fraction of sp³-hybridized carbons (Fsp3) is 0.545. The first-order chi connectivity index (χ1) is 7.79. The maximum Gasteiger partial charge on any atom is 0.261 e. The molecule has 0 unspecified atom stereocenters. The van der Waals surface area contributed by atoms with Gasteiger partial charge in [-0.1, -0.05) is 0 Å². The van der Waals surface area contributed by atoms with Gasteiger partial charge in [-0.2, -0.15) is 0 Å². The Morgan fingerprint density at radius 3 is 3.19 bits per heavy atom. The van der Waals surface area contributed by atoms with Gasteiger partial charge in [-0.3, -0.25) is 4.79 Å². The van der Waals surface area contributed by atoms with Crippen LogP contribution in [0.5, 0.6) is 5.75 Å². The molecule has 1 fully saturated rings. The number of carbonyl (C=O) groups excluding carboxylic acids is 1. The molecule has 4 nitrogen and oxygen atoms in total. The number of ether oxygens (including phenoxy) is 1. The van der Waals surface area contributed by atoms with Crippen molar-refractivity contribution in [2.45, 2.75) is 18.9 Å². The third-order valence-corrected chi connectivity index (χ3v) is 3.57. The number of hydrogen-bond acceptors (Lipinski definition) is 4. The SMILES string of the molecule is COc1csc(C(=O)N[C@H]2CCCNC2)c1. The second-order valence-corrected chi connectivity index (χ2v) is 4.78. The van der Waals surface area contributed by atoms with Gasteiger partial charge in [0, 0.05) is 24.0 Å². The van der Waals surface area contributed by atoms with Crippen LogP contribution >= 0.6 is 11.3 Å². The summed E-state index contributed by atoms with van der Waals surface area (Å²) in [5.74, 6) is 0.749. The summed E-state index contributed by atoms with van der Waals surface area (Å²) >= 11 is 1.41. The molecule has 88 valence electrons. The minimum Gasteiger partial charge on any atom is -0.496 e. The molecule has 16 heavy (non-hydrogen) atoms. The number of carbonyl (C=O) groups is 1. The van der Waals surface area contributed by atoms with Crippen molar-refractivity contribution in [2.75, 3.05) is 20.2 Å². The highest BCUT2D eigenvalue weighted by molar-refractivity contribution is 7.12. The summed E-state index contributed by atoms with van der Waals surface area (Å²) in [5, 5.41) is 8.14. The van der Waals surface area contributed by atoms with E-state index in [0.717, 1.165) is 31.7 Å². The van der Waals surface area contributed by atoms with Gasteiger partial charge in [0.05, 0.1) is 12.0 Å². The van der Waals surface area contributed by atoms with Crippen LogP contribution in [0.15, 0.2) is 11.4 Å². The Morgan fingerprint density at radius 1 is 1.69 bits per heavy atom. The van der Waals surface area contributed by atoms with E-state index in [-0.39, 0.29) is 11.9 Å². The lowest BCUT2D eigenvalue weighted by Crippen LogP contribution is -2.45. The van der Waals surface area contributed by atoms with Gasteiger partial charge in [0.25, 0.3) is 5.91 Å². The minimum absolute atomic E-state index is 0.00185. The molecule has 1 aromatic rings. The third-order valence-electron chi connectivity index (χ3n) is 2.67. The standard InChI is InChI=1S/C11H16N2O2S/c1-15-9-5-10(16-7-9)11(14)13-8-3-2-4-12-6-8/h5,7-8,12H,2-4,6H2,1H3,(H,13,14)/t8-/m0/s1. The first-order valence-corrected chi connectivity index (χ1v) is 6.31. The van der Waals surface area contributed by atoms with E-state index in [1.54, 1.807) is 13.2 Å². The van der Waals surface area contributed by atoms with E-state index in [9.17, 15) is 4.79 Å². The van der Waals surface area contributed by atoms with Gasteiger partial charge in [-0.25, -0.2) is 0 Å². The largest absolute Gasteiger partial charge is 0.496 e. The van der Waals surface area contributed by atoms with E-state index in [1.807, 2.05) is 5.38 Å². The van der Waals surface area contributed by atoms with Crippen molar-refractivity contribution in [3.8, 4) is 5.75 Å². The summed E-state index contributed by atoms with van der Waals surface area (Å²) in [5.41, 5.74) is 0. The molecule has 0 bridgehead atoms. The quantitative estimate of drug-likeness (QED) is 0.835. The van der Waals surface area contributed by atoms with Gasteiger partial charge in [0.1, 0.15) is 5.75 Å². The normalized spacial score (nSPS) is 20.4. The van der Waals surface area contributed by atoms with Crippen LogP contribution in [0.2, 0.25) is 0 Å². The Morgan fingerprint density at radius 2 is 2.56 bits per heavy atom. The number of methoxy groups -OCH3 is 1. The van der Waals surface area contributed by atoms with Crippen LogP contribution in [0.1, 0.15) is 22.5 Å². The van der Waals surface area contributed by atoms with E-state index in [0.29, 0.717) is 4.88 Å². The average Bonchev–Trinajstić information content (AvgIpc) is 2.79. The summed E-state index contributed by atoms with van der Waals surface area (Å²) in [6, 6.07) is 2.03. The molecule has 1 atom stereocenters. The lowest BCUT2D eigenvalue weighted by molar-refractivity contribution is 0.0934. The zero-order chi connectivity index (χ0) is 11.4. The Balaban J connectivity index is 1.91. The molecule has 1 aliphatic heterocycles.